The summed E-state index contributed by atoms with van der Waals surface area (Å²) < 4.78 is 0. The van der Waals surface area contributed by atoms with Gasteiger partial charge in [0.1, 0.15) is 16.6 Å². The first-order chi connectivity index (χ1) is 12.1. The van der Waals surface area contributed by atoms with Gasteiger partial charge in [0.2, 0.25) is 0 Å². The molecule has 3 heteroatoms. The van der Waals surface area contributed by atoms with E-state index in [-0.39, 0.29) is 10.9 Å². The first kappa shape index (κ1) is 16.6. The Labute approximate surface area is 156 Å². The van der Waals surface area contributed by atoms with E-state index in [1.807, 2.05) is 17.8 Å². The van der Waals surface area contributed by atoms with Gasteiger partial charge in [-0.2, -0.15) is 0 Å². The van der Waals surface area contributed by atoms with Crippen LogP contribution in [0, 0.1) is 6.92 Å². The van der Waals surface area contributed by atoms with Crippen molar-refractivity contribution in [3.63, 3.8) is 0 Å². The van der Waals surface area contributed by atoms with Crippen LogP contribution in [0.25, 0.3) is 0 Å². The standard InChI is InChI=1S/C22H20OS2/c1-14(2)16-13-22(15(3)12-17(16)23)25-20-10-6-4-8-18(20)24-19-9-5-7-11-21(19)25/h4-14H,1-3H3/p+1. The second-order valence-electron chi connectivity index (χ2n) is 6.63. The van der Waals surface area contributed by atoms with Crippen LogP contribution in [-0.2, 0) is 10.9 Å². The monoisotopic (exact) mass is 365 g/mol. The zero-order valence-electron chi connectivity index (χ0n) is 14.6. The lowest BCUT2D eigenvalue weighted by Crippen LogP contribution is -2.12. The Morgan fingerprint density at radius 1 is 0.840 bits per heavy atom. The fourth-order valence-electron chi connectivity index (χ4n) is 3.25. The second kappa shape index (κ2) is 6.47. The van der Waals surface area contributed by atoms with E-state index in [9.17, 15) is 5.11 Å². The van der Waals surface area contributed by atoms with E-state index in [4.69, 9.17) is 0 Å². The van der Waals surface area contributed by atoms with E-state index >= 15 is 0 Å². The van der Waals surface area contributed by atoms with Gasteiger partial charge in [0.25, 0.3) is 0 Å². The smallest absolute Gasteiger partial charge is 0.180 e. The van der Waals surface area contributed by atoms with Crippen molar-refractivity contribution in [3.05, 3.63) is 71.8 Å². The van der Waals surface area contributed by atoms with Gasteiger partial charge in [0.05, 0.1) is 9.79 Å². The normalized spacial score (nSPS) is 13.6. The lowest BCUT2D eigenvalue weighted by atomic mass is 10.0. The minimum atomic E-state index is -0.137. The number of rotatable bonds is 2. The van der Waals surface area contributed by atoms with Gasteiger partial charge in [0.15, 0.2) is 14.7 Å². The number of phenolic OH excluding ortho intramolecular Hbond substituents is 1. The molecule has 0 saturated carbocycles. The molecule has 126 valence electrons. The van der Waals surface area contributed by atoms with E-state index in [0.717, 1.165) is 11.1 Å². The van der Waals surface area contributed by atoms with Gasteiger partial charge in [-0.3, -0.25) is 0 Å². The van der Waals surface area contributed by atoms with Gasteiger partial charge in [-0.15, -0.1) is 0 Å². The number of aromatic hydroxyl groups is 1. The second-order valence-corrected chi connectivity index (χ2v) is 9.65. The molecular formula is C22H21OS2+. The molecule has 3 aromatic carbocycles. The van der Waals surface area contributed by atoms with E-state index in [0.29, 0.717) is 11.7 Å². The van der Waals surface area contributed by atoms with Crippen molar-refractivity contribution in [2.45, 2.75) is 51.2 Å². The summed E-state index contributed by atoms with van der Waals surface area (Å²) in [7, 11) is -0.137. The summed E-state index contributed by atoms with van der Waals surface area (Å²) in [5, 5.41) is 10.4. The zero-order chi connectivity index (χ0) is 17.6. The molecule has 1 aliphatic rings. The molecule has 0 amide bonds. The molecule has 0 unspecified atom stereocenters. The molecule has 0 radical (unpaired) electrons. The molecule has 0 spiro atoms. The van der Waals surface area contributed by atoms with Crippen LogP contribution in [0.2, 0.25) is 0 Å². The first-order valence-corrected chi connectivity index (χ1v) is 10.5. The van der Waals surface area contributed by atoms with E-state index in [1.54, 1.807) is 0 Å². The Balaban J connectivity index is 1.99. The van der Waals surface area contributed by atoms with Gasteiger partial charge in [-0.05, 0) is 43.2 Å². The topological polar surface area (TPSA) is 20.2 Å². The third-order valence-corrected chi connectivity index (χ3v) is 8.41. The minimum absolute atomic E-state index is 0.137. The molecule has 1 nitrogen and oxygen atoms in total. The Morgan fingerprint density at radius 3 is 1.96 bits per heavy atom. The van der Waals surface area contributed by atoms with Crippen LogP contribution in [0.1, 0.15) is 30.9 Å². The van der Waals surface area contributed by atoms with Crippen molar-refractivity contribution in [3.8, 4) is 5.75 Å². The summed E-state index contributed by atoms with van der Waals surface area (Å²) >= 11 is 1.86. The van der Waals surface area contributed by atoms with Crippen LogP contribution in [0.5, 0.6) is 5.75 Å². The van der Waals surface area contributed by atoms with Gasteiger partial charge >= 0.3 is 0 Å². The predicted octanol–water partition coefficient (Wildman–Crippen LogP) is 6.38. The van der Waals surface area contributed by atoms with Crippen LogP contribution in [-0.4, -0.2) is 5.11 Å². The zero-order valence-corrected chi connectivity index (χ0v) is 16.2. The fraction of sp³-hybridized carbons (Fsp3) is 0.182. The minimum Gasteiger partial charge on any atom is -0.508 e. The molecule has 25 heavy (non-hydrogen) atoms. The highest BCUT2D eigenvalue weighted by molar-refractivity contribution is 8.04. The van der Waals surface area contributed by atoms with Crippen LogP contribution < -0.4 is 0 Å². The predicted molar refractivity (Wildman–Crippen MR) is 106 cm³/mol. The third kappa shape index (κ3) is 2.86. The van der Waals surface area contributed by atoms with Crippen molar-refractivity contribution >= 4 is 22.7 Å². The first-order valence-electron chi connectivity index (χ1n) is 8.50. The summed E-state index contributed by atoms with van der Waals surface area (Å²) in [6.07, 6.45) is 0. The number of benzene rings is 3. The van der Waals surface area contributed by atoms with Crippen molar-refractivity contribution < 1.29 is 5.11 Å². The summed E-state index contributed by atoms with van der Waals surface area (Å²) in [6, 6.07) is 21.6. The maximum atomic E-state index is 10.4. The molecule has 0 aliphatic carbocycles. The van der Waals surface area contributed by atoms with Crippen molar-refractivity contribution in [1.82, 2.24) is 0 Å². The van der Waals surface area contributed by atoms with Crippen molar-refractivity contribution in [1.29, 1.82) is 0 Å². The van der Waals surface area contributed by atoms with Crippen LogP contribution in [0.3, 0.4) is 0 Å². The molecule has 0 fully saturated rings. The summed E-state index contributed by atoms with van der Waals surface area (Å²) in [5.41, 5.74) is 2.18. The maximum absolute atomic E-state index is 10.4. The van der Waals surface area contributed by atoms with Crippen LogP contribution in [0.4, 0.5) is 0 Å². The highest BCUT2D eigenvalue weighted by Gasteiger charge is 2.39. The number of hydrogen-bond donors (Lipinski definition) is 1. The average Bonchev–Trinajstić information content (AvgIpc) is 2.60. The van der Waals surface area contributed by atoms with Gasteiger partial charge in [-0.1, -0.05) is 49.9 Å². The third-order valence-electron chi connectivity index (χ3n) is 4.52. The summed E-state index contributed by atoms with van der Waals surface area (Å²) in [6.45, 7) is 6.38. The average molecular weight is 366 g/mol. The van der Waals surface area contributed by atoms with Gasteiger partial charge in [-0.25, -0.2) is 0 Å². The molecule has 3 aromatic rings. The Morgan fingerprint density at radius 2 is 1.40 bits per heavy atom. The fourth-order valence-corrected chi connectivity index (χ4v) is 7.17. The van der Waals surface area contributed by atoms with E-state index in [1.165, 1.54) is 24.5 Å². The molecule has 0 aromatic heterocycles. The van der Waals surface area contributed by atoms with E-state index in [2.05, 4.69) is 75.4 Å². The lowest BCUT2D eigenvalue weighted by molar-refractivity contribution is 0.463. The number of phenols is 1. The molecule has 1 N–H and O–H groups in total. The largest absolute Gasteiger partial charge is 0.508 e. The van der Waals surface area contributed by atoms with Gasteiger partial charge in [0, 0.05) is 17.2 Å². The quantitative estimate of drug-likeness (QED) is 0.416. The molecule has 0 atom stereocenters. The molecule has 0 bridgehead atoms. The lowest BCUT2D eigenvalue weighted by Gasteiger charge is -2.21. The highest BCUT2D eigenvalue weighted by atomic mass is 32.2. The number of hydrogen-bond acceptors (Lipinski definition) is 2. The van der Waals surface area contributed by atoms with Crippen LogP contribution in [0.15, 0.2) is 85.1 Å². The van der Waals surface area contributed by atoms with E-state index < -0.39 is 0 Å². The van der Waals surface area contributed by atoms with Crippen molar-refractivity contribution in [2.75, 3.05) is 0 Å². The Hall–Kier alpha value is -1.84. The number of fused-ring (bicyclic) bond motifs is 2. The van der Waals surface area contributed by atoms with Crippen LogP contribution >= 0.6 is 11.8 Å². The highest BCUT2D eigenvalue weighted by Crippen LogP contribution is 2.49. The molecule has 4 rings (SSSR count). The molecular weight excluding hydrogens is 344 g/mol. The Bertz CT molecular complexity index is 901. The Kier molecular flexibility index (Phi) is 4.30. The number of aryl methyl sites for hydroxylation is 1. The summed E-state index contributed by atoms with van der Waals surface area (Å²) in [4.78, 5) is 6.76. The van der Waals surface area contributed by atoms with Crippen molar-refractivity contribution in [2.24, 2.45) is 0 Å². The summed E-state index contributed by atoms with van der Waals surface area (Å²) in [5.74, 6) is 0.709. The van der Waals surface area contributed by atoms with Gasteiger partial charge < -0.3 is 5.11 Å². The maximum Gasteiger partial charge on any atom is 0.180 e. The molecule has 1 aliphatic heterocycles. The SMILES string of the molecule is Cc1cc(O)c(C(C)C)cc1[S+]1c2ccccc2Sc2ccccc21. The molecule has 0 saturated heterocycles. The molecule has 1 heterocycles.